The third-order valence-electron chi connectivity index (χ3n) is 6.17. The van der Waals surface area contributed by atoms with Crippen LogP contribution in [0.1, 0.15) is 35.2 Å². The topological polar surface area (TPSA) is 68.4 Å². The van der Waals surface area contributed by atoms with E-state index in [1.165, 1.54) is 53.2 Å². The predicted octanol–water partition coefficient (Wildman–Crippen LogP) is 4.24. The van der Waals surface area contributed by atoms with Gasteiger partial charge in [0.15, 0.2) is 0 Å². The van der Waals surface area contributed by atoms with Gasteiger partial charge in [0.05, 0.1) is 0 Å². The Labute approximate surface area is 177 Å². The van der Waals surface area contributed by atoms with Crippen molar-refractivity contribution in [1.29, 1.82) is 0 Å². The number of likely N-dealkylation sites (tertiary alicyclic amines) is 1. The molecule has 3 aromatic rings. The largest absolute Gasteiger partial charge is 0.358 e. The number of carbonyl (C=O) groups is 1. The molecule has 1 aliphatic rings. The standard InChI is InChI=1S/C25H29N3O2/c1-18-23(22-6-2-3-7-24(22)26-18)17-21-5-4-15-28(21)16-14-20-10-8-19(9-11-20)12-13-25(29)27-30/h2-3,6-13,21,26,30H,4-5,14-17H2,1H3,(H,27,29)/t21-/m1/s1. The first-order valence-electron chi connectivity index (χ1n) is 10.7. The van der Waals surface area contributed by atoms with Gasteiger partial charge in [-0.15, -0.1) is 0 Å². The minimum Gasteiger partial charge on any atom is -0.358 e. The zero-order valence-corrected chi connectivity index (χ0v) is 17.4. The van der Waals surface area contributed by atoms with E-state index >= 15 is 0 Å². The third-order valence-corrected chi connectivity index (χ3v) is 6.17. The highest BCUT2D eigenvalue weighted by Gasteiger charge is 2.25. The molecule has 5 nitrogen and oxygen atoms in total. The van der Waals surface area contributed by atoms with Crippen LogP contribution in [0, 0.1) is 6.92 Å². The van der Waals surface area contributed by atoms with E-state index in [1.807, 2.05) is 12.1 Å². The molecule has 1 aliphatic heterocycles. The van der Waals surface area contributed by atoms with Crippen LogP contribution >= 0.6 is 0 Å². The minimum absolute atomic E-state index is 0.524. The van der Waals surface area contributed by atoms with Crippen LogP contribution in [0.15, 0.2) is 54.6 Å². The number of hydroxylamine groups is 1. The van der Waals surface area contributed by atoms with Crippen LogP contribution in [0.25, 0.3) is 17.0 Å². The number of aryl methyl sites for hydroxylation is 1. The number of aromatic amines is 1. The second kappa shape index (κ2) is 9.28. The van der Waals surface area contributed by atoms with Crippen molar-refractivity contribution in [3.05, 3.63) is 77.0 Å². The van der Waals surface area contributed by atoms with Gasteiger partial charge in [-0.05, 0) is 68.0 Å². The van der Waals surface area contributed by atoms with Gasteiger partial charge in [0, 0.05) is 35.3 Å². The Bertz CT molecular complexity index is 1040. The van der Waals surface area contributed by atoms with Crippen molar-refractivity contribution in [2.75, 3.05) is 13.1 Å². The number of H-pyrrole nitrogens is 1. The first kappa shape index (κ1) is 20.4. The first-order chi connectivity index (χ1) is 14.6. The zero-order chi connectivity index (χ0) is 20.9. The number of fused-ring (bicyclic) bond motifs is 1. The van der Waals surface area contributed by atoms with Crippen molar-refractivity contribution < 1.29 is 10.0 Å². The summed E-state index contributed by atoms with van der Waals surface area (Å²) in [6, 6.07) is 17.5. The van der Waals surface area contributed by atoms with Crippen LogP contribution in [0.3, 0.4) is 0 Å². The van der Waals surface area contributed by atoms with Crippen molar-refractivity contribution >= 4 is 22.9 Å². The maximum absolute atomic E-state index is 11.1. The van der Waals surface area contributed by atoms with Crippen LogP contribution in [-0.4, -0.2) is 40.1 Å². The Hall–Kier alpha value is -2.89. The predicted molar refractivity (Wildman–Crippen MR) is 120 cm³/mol. The number of hydrogen-bond donors (Lipinski definition) is 3. The van der Waals surface area contributed by atoms with Gasteiger partial charge >= 0.3 is 0 Å². The monoisotopic (exact) mass is 403 g/mol. The third kappa shape index (κ3) is 4.64. The van der Waals surface area contributed by atoms with Crippen LogP contribution in [0.4, 0.5) is 0 Å². The van der Waals surface area contributed by atoms with Crippen molar-refractivity contribution in [3.8, 4) is 0 Å². The Balaban J connectivity index is 1.37. The van der Waals surface area contributed by atoms with Crippen molar-refractivity contribution in [1.82, 2.24) is 15.4 Å². The van der Waals surface area contributed by atoms with Gasteiger partial charge in [-0.1, -0.05) is 42.5 Å². The molecular weight excluding hydrogens is 374 g/mol. The van der Waals surface area contributed by atoms with E-state index in [4.69, 9.17) is 5.21 Å². The lowest BCUT2D eigenvalue weighted by molar-refractivity contribution is -0.124. The summed E-state index contributed by atoms with van der Waals surface area (Å²) in [5, 5.41) is 9.90. The fourth-order valence-electron chi connectivity index (χ4n) is 4.53. The summed E-state index contributed by atoms with van der Waals surface area (Å²) in [5.74, 6) is -0.524. The van der Waals surface area contributed by atoms with E-state index in [1.54, 1.807) is 11.6 Å². The lowest BCUT2D eigenvalue weighted by Gasteiger charge is -2.24. The van der Waals surface area contributed by atoms with E-state index in [9.17, 15) is 4.79 Å². The lowest BCUT2D eigenvalue weighted by Crippen LogP contribution is -2.33. The van der Waals surface area contributed by atoms with Gasteiger partial charge in [0.25, 0.3) is 5.91 Å². The van der Waals surface area contributed by atoms with Crippen LogP contribution < -0.4 is 5.48 Å². The molecule has 1 amide bonds. The molecule has 30 heavy (non-hydrogen) atoms. The molecule has 0 spiro atoms. The van der Waals surface area contributed by atoms with Gasteiger partial charge in [-0.3, -0.25) is 14.9 Å². The normalized spacial score (nSPS) is 17.2. The van der Waals surface area contributed by atoms with Gasteiger partial charge < -0.3 is 4.98 Å². The van der Waals surface area contributed by atoms with E-state index < -0.39 is 5.91 Å². The van der Waals surface area contributed by atoms with Gasteiger partial charge in [0.1, 0.15) is 0 Å². The molecule has 0 saturated carbocycles. The van der Waals surface area contributed by atoms with Gasteiger partial charge in [-0.25, -0.2) is 5.48 Å². The Morgan fingerprint density at radius 2 is 2.03 bits per heavy atom. The summed E-state index contributed by atoms with van der Waals surface area (Å²) in [6.07, 6.45) is 7.65. The number of aromatic nitrogens is 1. The zero-order valence-electron chi connectivity index (χ0n) is 17.4. The smallest absolute Gasteiger partial charge is 0.267 e. The second-order valence-corrected chi connectivity index (χ2v) is 8.11. The van der Waals surface area contributed by atoms with Gasteiger partial charge in [-0.2, -0.15) is 0 Å². The van der Waals surface area contributed by atoms with E-state index in [-0.39, 0.29) is 0 Å². The van der Waals surface area contributed by atoms with E-state index in [0.29, 0.717) is 6.04 Å². The quantitative estimate of drug-likeness (QED) is 0.314. The summed E-state index contributed by atoms with van der Waals surface area (Å²) in [4.78, 5) is 17.3. The summed E-state index contributed by atoms with van der Waals surface area (Å²) in [5.41, 5.74) is 7.83. The molecule has 1 atom stereocenters. The molecule has 0 aliphatic carbocycles. The molecule has 1 fully saturated rings. The summed E-state index contributed by atoms with van der Waals surface area (Å²) < 4.78 is 0. The van der Waals surface area contributed by atoms with Gasteiger partial charge in [0.2, 0.25) is 0 Å². The van der Waals surface area contributed by atoms with Crippen LogP contribution in [0.2, 0.25) is 0 Å². The fourth-order valence-corrected chi connectivity index (χ4v) is 4.53. The maximum Gasteiger partial charge on any atom is 0.267 e. The summed E-state index contributed by atoms with van der Waals surface area (Å²) in [7, 11) is 0. The maximum atomic E-state index is 11.1. The number of amides is 1. The average molecular weight is 404 g/mol. The van der Waals surface area contributed by atoms with E-state index in [2.05, 4.69) is 53.2 Å². The Morgan fingerprint density at radius 3 is 2.83 bits per heavy atom. The molecule has 3 N–H and O–H groups in total. The van der Waals surface area contributed by atoms with Crippen molar-refractivity contribution in [2.24, 2.45) is 0 Å². The molecule has 1 aromatic heterocycles. The molecule has 0 radical (unpaired) electrons. The second-order valence-electron chi connectivity index (χ2n) is 8.11. The number of benzene rings is 2. The highest BCUT2D eigenvalue weighted by atomic mass is 16.5. The van der Waals surface area contributed by atoms with Crippen molar-refractivity contribution in [3.63, 3.8) is 0 Å². The summed E-state index contributed by atoms with van der Waals surface area (Å²) >= 11 is 0. The Kier molecular flexibility index (Phi) is 6.31. The molecule has 0 bridgehead atoms. The fraction of sp³-hybridized carbons (Fsp3) is 0.320. The lowest BCUT2D eigenvalue weighted by atomic mass is 10.0. The molecule has 1 saturated heterocycles. The Morgan fingerprint density at radius 1 is 1.23 bits per heavy atom. The number of carbonyl (C=O) groups excluding carboxylic acids is 1. The number of para-hydroxylation sites is 1. The van der Waals surface area contributed by atoms with Crippen molar-refractivity contribution in [2.45, 2.75) is 38.6 Å². The molecule has 5 heteroatoms. The number of hydrogen-bond acceptors (Lipinski definition) is 3. The number of nitrogens with one attached hydrogen (secondary N) is 2. The SMILES string of the molecule is Cc1[nH]c2ccccc2c1C[C@H]1CCCN1CCc1ccc(C=CC(=O)NO)cc1. The van der Waals surface area contributed by atoms with Crippen LogP contribution in [-0.2, 0) is 17.6 Å². The first-order valence-corrected chi connectivity index (χ1v) is 10.7. The average Bonchev–Trinajstić information content (AvgIpc) is 3.35. The van der Waals surface area contributed by atoms with Crippen LogP contribution in [0.5, 0.6) is 0 Å². The molecular formula is C25H29N3O2. The molecule has 0 unspecified atom stereocenters. The molecule has 156 valence electrons. The molecule has 2 aromatic carbocycles. The minimum atomic E-state index is -0.524. The highest BCUT2D eigenvalue weighted by Crippen LogP contribution is 2.28. The molecule has 2 heterocycles. The number of nitrogens with zero attached hydrogens (tertiary/aromatic N) is 1. The number of rotatable bonds is 7. The molecule has 4 rings (SSSR count). The highest BCUT2D eigenvalue weighted by molar-refractivity contribution is 5.90. The summed E-state index contributed by atoms with van der Waals surface area (Å²) in [6.45, 7) is 4.42. The van der Waals surface area contributed by atoms with E-state index in [0.717, 1.165) is 24.9 Å².